The Balaban J connectivity index is 2.06. The average Bonchev–Trinajstić information content (AvgIpc) is 2.65. The third kappa shape index (κ3) is 5.55. The highest BCUT2D eigenvalue weighted by molar-refractivity contribution is 5.26. The maximum Gasteiger partial charge on any atom is 0.123 e. The number of benzene rings is 2. The molecule has 0 fully saturated rings. The summed E-state index contributed by atoms with van der Waals surface area (Å²) in [5, 5.41) is 0. The molecule has 4 heteroatoms. The maximum atomic E-state index is 13.2. The van der Waals surface area contributed by atoms with E-state index < -0.39 is 0 Å². The van der Waals surface area contributed by atoms with E-state index >= 15 is 0 Å². The molecule has 0 radical (unpaired) electrons. The minimum Gasteiger partial charge on any atom is -0.497 e. The SMILES string of the molecule is COc1ccc(CO[C@@H](C)C(Cc2ccc(F)cc2)C(C)(C)OC)cc1. The van der Waals surface area contributed by atoms with Crippen LogP contribution < -0.4 is 4.74 Å². The lowest BCUT2D eigenvalue weighted by atomic mass is 9.81. The van der Waals surface area contributed by atoms with Gasteiger partial charge in [-0.15, -0.1) is 0 Å². The Kier molecular flexibility index (Phi) is 7.18. The van der Waals surface area contributed by atoms with Gasteiger partial charge in [0.1, 0.15) is 11.6 Å². The molecule has 0 heterocycles. The molecule has 26 heavy (non-hydrogen) atoms. The lowest BCUT2D eigenvalue weighted by Gasteiger charge is -2.37. The Labute approximate surface area is 156 Å². The number of halogens is 1. The number of ether oxygens (including phenoxy) is 3. The van der Waals surface area contributed by atoms with E-state index in [-0.39, 0.29) is 23.4 Å². The van der Waals surface area contributed by atoms with Gasteiger partial charge in [-0.2, -0.15) is 0 Å². The zero-order chi connectivity index (χ0) is 19.2. The molecule has 0 aliphatic carbocycles. The van der Waals surface area contributed by atoms with E-state index in [0.29, 0.717) is 6.61 Å². The van der Waals surface area contributed by atoms with Crippen molar-refractivity contribution in [2.45, 2.75) is 45.5 Å². The molecule has 142 valence electrons. The third-order valence-electron chi connectivity index (χ3n) is 5.03. The molecule has 2 rings (SSSR count). The maximum absolute atomic E-state index is 13.2. The van der Waals surface area contributed by atoms with E-state index in [1.165, 1.54) is 12.1 Å². The summed E-state index contributed by atoms with van der Waals surface area (Å²) in [7, 11) is 3.37. The van der Waals surface area contributed by atoms with Crippen LogP contribution in [0.15, 0.2) is 48.5 Å². The number of rotatable bonds is 9. The molecule has 0 aliphatic rings. The number of methoxy groups -OCH3 is 2. The van der Waals surface area contributed by atoms with Crippen LogP contribution in [0.5, 0.6) is 5.75 Å². The Morgan fingerprint density at radius 3 is 2.04 bits per heavy atom. The molecule has 0 amide bonds. The van der Waals surface area contributed by atoms with E-state index in [4.69, 9.17) is 14.2 Å². The molecule has 2 atom stereocenters. The van der Waals surface area contributed by atoms with Crippen molar-refractivity contribution in [2.75, 3.05) is 14.2 Å². The summed E-state index contributed by atoms with van der Waals surface area (Å²) in [6.07, 6.45) is 0.724. The lowest BCUT2D eigenvalue weighted by Crippen LogP contribution is -2.42. The van der Waals surface area contributed by atoms with E-state index in [1.807, 2.05) is 36.4 Å². The minimum absolute atomic E-state index is 0.0305. The Bertz CT molecular complexity index is 665. The lowest BCUT2D eigenvalue weighted by molar-refractivity contribution is -0.0947. The summed E-state index contributed by atoms with van der Waals surface area (Å²) >= 11 is 0. The first-order valence-electron chi connectivity index (χ1n) is 8.90. The normalized spacial score (nSPS) is 14.1. The van der Waals surface area contributed by atoms with Crippen molar-refractivity contribution < 1.29 is 18.6 Å². The molecule has 0 aliphatic heterocycles. The van der Waals surface area contributed by atoms with E-state index in [9.17, 15) is 4.39 Å². The molecule has 1 unspecified atom stereocenters. The highest BCUT2D eigenvalue weighted by atomic mass is 19.1. The molecule has 0 bridgehead atoms. The van der Waals surface area contributed by atoms with Crippen molar-refractivity contribution in [3.05, 3.63) is 65.5 Å². The molecule has 0 saturated carbocycles. The van der Waals surface area contributed by atoms with Crippen LogP contribution in [0.1, 0.15) is 31.9 Å². The van der Waals surface area contributed by atoms with Gasteiger partial charge in [-0.05, 0) is 62.6 Å². The summed E-state index contributed by atoms with van der Waals surface area (Å²) < 4.78 is 30.3. The van der Waals surface area contributed by atoms with Gasteiger partial charge in [0, 0.05) is 13.0 Å². The van der Waals surface area contributed by atoms with Gasteiger partial charge in [0.05, 0.1) is 25.4 Å². The zero-order valence-electron chi connectivity index (χ0n) is 16.3. The van der Waals surface area contributed by atoms with Crippen molar-refractivity contribution in [1.29, 1.82) is 0 Å². The van der Waals surface area contributed by atoms with Crippen molar-refractivity contribution in [2.24, 2.45) is 5.92 Å². The van der Waals surface area contributed by atoms with Gasteiger partial charge in [-0.25, -0.2) is 4.39 Å². The average molecular weight is 360 g/mol. The zero-order valence-corrected chi connectivity index (χ0v) is 16.3. The predicted molar refractivity (Wildman–Crippen MR) is 102 cm³/mol. The van der Waals surface area contributed by atoms with Crippen molar-refractivity contribution in [3.63, 3.8) is 0 Å². The smallest absolute Gasteiger partial charge is 0.123 e. The molecule has 2 aromatic rings. The van der Waals surface area contributed by atoms with Crippen LogP contribution in [-0.2, 0) is 22.5 Å². The van der Waals surface area contributed by atoms with Gasteiger partial charge < -0.3 is 14.2 Å². The van der Waals surface area contributed by atoms with E-state index in [2.05, 4.69) is 20.8 Å². The highest BCUT2D eigenvalue weighted by Crippen LogP contribution is 2.30. The van der Waals surface area contributed by atoms with Crippen LogP contribution in [0, 0.1) is 11.7 Å². The minimum atomic E-state index is -0.367. The second kappa shape index (κ2) is 9.15. The van der Waals surface area contributed by atoms with Gasteiger partial charge in [0.25, 0.3) is 0 Å². The number of hydrogen-bond acceptors (Lipinski definition) is 3. The van der Waals surface area contributed by atoms with Crippen LogP contribution in [-0.4, -0.2) is 25.9 Å². The molecule has 0 spiro atoms. The van der Waals surface area contributed by atoms with Gasteiger partial charge in [-0.3, -0.25) is 0 Å². The van der Waals surface area contributed by atoms with Crippen LogP contribution in [0.4, 0.5) is 4.39 Å². The van der Waals surface area contributed by atoms with Gasteiger partial charge in [0.15, 0.2) is 0 Å². The molecule has 0 N–H and O–H groups in total. The molecular formula is C22H29FO3. The van der Waals surface area contributed by atoms with Gasteiger partial charge in [0.2, 0.25) is 0 Å². The Morgan fingerprint density at radius 1 is 0.923 bits per heavy atom. The van der Waals surface area contributed by atoms with Gasteiger partial charge >= 0.3 is 0 Å². The van der Waals surface area contributed by atoms with Crippen LogP contribution in [0.2, 0.25) is 0 Å². The van der Waals surface area contributed by atoms with Crippen LogP contribution >= 0.6 is 0 Å². The second-order valence-corrected chi connectivity index (χ2v) is 7.11. The monoisotopic (exact) mass is 360 g/mol. The summed E-state index contributed by atoms with van der Waals surface area (Å²) in [6.45, 7) is 6.71. The van der Waals surface area contributed by atoms with E-state index in [0.717, 1.165) is 23.3 Å². The second-order valence-electron chi connectivity index (χ2n) is 7.11. The van der Waals surface area contributed by atoms with Crippen LogP contribution in [0.25, 0.3) is 0 Å². The van der Waals surface area contributed by atoms with Crippen molar-refractivity contribution >= 4 is 0 Å². The largest absolute Gasteiger partial charge is 0.497 e. The fourth-order valence-corrected chi connectivity index (χ4v) is 3.07. The Morgan fingerprint density at radius 2 is 1.50 bits per heavy atom. The summed E-state index contributed by atoms with van der Waals surface area (Å²) in [5.41, 5.74) is 1.79. The highest BCUT2D eigenvalue weighted by Gasteiger charge is 2.34. The Hall–Kier alpha value is -1.91. The molecule has 3 nitrogen and oxygen atoms in total. The van der Waals surface area contributed by atoms with Crippen LogP contribution in [0.3, 0.4) is 0 Å². The first-order chi connectivity index (χ1) is 12.4. The summed E-state index contributed by atoms with van der Waals surface area (Å²) in [4.78, 5) is 0. The fourth-order valence-electron chi connectivity index (χ4n) is 3.07. The summed E-state index contributed by atoms with van der Waals surface area (Å²) in [6, 6.07) is 14.5. The first-order valence-corrected chi connectivity index (χ1v) is 8.90. The molecule has 0 saturated heterocycles. The quantitative estimate of drug-likeness (QED) is 0.628. The number of hydrogen-bond donors (Lipinski definition) is 0. The van der Waals surface area contributed by atoms with Crippen molar-refractivity contribution in [1.82, 2.24) is 0 Å². The van der Waals surface area contributed by atoms with E-state index in [1.54, 1.807) is 14.2 Å². The molecule has 2 aromatic carbocycles. The standard InChI is InChI=1S/C22H29FO3/c1-16(26-15-18-8-12-20(24-4)13-9-18)21(22(2,3)25-5)14-17-6-10-19(23)11-7-17/h6-13,16,21H,14-15H2,1-5H3/t16-,21?/m0/s1. The summed E-state index contributed by atoms with van der Waals surface area (Å²) in [5.74, 6) is 0.729. The topological polar surface area (TPSA) is 27.7 Å². The third-order valence-corrected chi connectivity index (χ3v) is 5.03. The first kappa shape index (κ1) is 20.4. The molecular weight excluding hydrogens is 331 g/mol. The molecule has 0 aromatic heterocycles. The van der Waals surface area contributed by atoms with Gasteiger partial charge in [-0.1, -0.05) is 24.3 Å². The predicted octanol–water partition coefficient (Wildman–Crippen LogP) is 5.02. The van der Waals surface area contributed by atoms with Crippen molar-refractivity contribution in [3.8, 4) is 5.75 Å². The fraction of sp³-hybridized carbons (Fsp3) is 0.455.